The number of ether oxygens (including phenoxy) is 1. The summed E-state index contributed by atoms with van der Waals surface area (Å²) >= 11 is 0. The first-order valence-corrected chi connectivity index (χ1v) is 11.7. The van der Waals surface area contributed by atoms with Gasteiger partial charge in [0.15, 0.2) is 11.6 Å². The molecule has 9 heteroatoms. The molecule has 3 aromatic rings. The van der Waals surface area contributed by atoms with Crippen molar-refractivity contribution in [1.82, 2.24) is 14.5 Å². The molecular weight excluding hydrogens is 451 g/mol. The first-order valence-electron chi connectivity index (χ1n) is 11.7. The lowest BCUT2D eigenvalue weighted by molar-refractivity contribution is -0.138. The quantitative estimate of drug-likeness (QED) is 0.538. The second kappa shape index (κ2) is 9.40. The van der Waals surface area contributed by atoms with E-state index in [-0.39, 0.29) is 18.1 Å². The van der Waals surface area contributed by atoms with Gasteiger partial charge in [0, 0.05) is 37.9 Å². The molecule has 0 bridgehead atoms. The van der Waals surface area contributed by atoms with E-state index in [1.54, 1.807) is 6.07 Å². The number of carbonyl (C=O) groups is 2. The predicted octanol–water partition coefficient (Wildman–Crippen LogP) is 3.65. The Hall–Kier alpha value is -3.88. The van der Waals surface area contributed by atoms with Crippen LogP contribution in [0.1, 0.15) is 51.8 Å². The van der Waals surface area contributed by atoms with Crippen LogP contribution < -0.4 is 10.1 Å². The topological polar surface area (TPSA) is 96.7 Å². The molecule has 0 saturated carbocycles. The molecule has 5 rings (SSSR count). The number of carbonyl (C=O) groups excluding carboxylic acids is 1. The highest BCUT2D eigenvalue weighted by Crippen LogP contribution is 2.32. The van der Waals surface area contributed by atoms with Crippen molar-refractivity contribution < 1.29 is 23.8 Å². The number of carboxylic acid groups (broad SMARTS) is 1. The zero-order valence-electron chi connectivity index (χ0n) is 19.5. The summed E-state index contributed by atoms with van der Waals surface area (Å²) in [5.41, 5.74) is 4.02. The largest absolute Gasteiger partial charge is 0.494 e. The van der Waals surface area contributed by atoms with E-state index < -0.39 is 17.8 Å². The first kappa shape index (κ1) is 22.9. The number of nitrogens with zero attached hydrogens (tertiary/aromatic N) is 3. The predicted molar refractivity (Wildman–Crippen MR) is 127 cm³/mol. The van der Waals surface area contributed by atoms with Gasteiger partial charge in [-0.1, -0.05) is 12.1 Å². The number of aryl methyl sites for hydroxylation is 1. The Bertz CT molecular complexity index is 1290. The molecule has 8 nitrogen and oxygen atoms in total. The maximum absolute atomic E-state index is 14.4. The number of carboxylic acids is 1. The third-order valence-corrected chi connectivity index (χ3v) is 6.66. The van der Waals surface area contributed by atoms with E-state index in [0.717, 1.165) is 36.5 Å². The van der Waals surface area contributed by atoms with Crippen molar-refractivity contribution in [3.05, 3.63) is 76.5 Å². The van der Waals surface area contributed by atoms with Crippen molar-refractivity contribution in [2.45, 2.75) is 38.3 Å². The number of aliphatic carboxylic acids is 1. The van der Waals surface area contributed by atoms with Gasteiger partial charge in [-0.2, -0.15) is 0 Å². The third-order valence-electron chi connectivity index (χ3n) is 6.66. The van der Waals surface area contributed by atoms with Crippen molar-refractivity contribution in [2.24, 2.45) is 0 Å². The number of hydrogen-bond donors (Lipinski definition) is 2. The van der Waals surface area contributed by atoms with Crippen LogP contribution in [0.3, 0.4) is 0 Å². The molecule has 1 aromatic carbocycles. The number of anilines is 1. The number of aromatic nitrogens is 2. The standard InChI is InChI=1S/C26H27FN4O4/c1-35-23-7-5-18(13-20(23)27)21(14-24(32)33)31-10-9-30-15-16(12-22(30)26(31)34)11-19-6-4-17-3-2-8-28-25(17)29-19/h4-7,12-13,15,21H,2-3,8-11,14H2,1H3,(H,28,29)(H,32,33)/t21-/m0/s1. The fourth-order valence-corrected chi connectivity index (χ4v) is 4.93. The van der Waals surface area contributed by atoms with E-state index in [9.17, 15) is 19.1 Å². The number of amides is 1. The number of methoxy groups -OCH3 is 1. The van der Waals surface area contributed by atoms with Crippen LogP contribution in [0.25, 0.3) is 0 Å². The van der Waals surface area contributed by atoms with E-state index in [0.29, 0.717) is 30.8 Å². The lowest BCUT2D eigenvalue weighted by atomic mass is 10.00. The Morgan fingerprint density at radius 2 is 2.11 bits per heavy atom. The van der Waals surface area contributed by atoms with E-state index in [4.69, 9.17) is 9.72 Å². The summed E-state index contributed by atoms with van der Waals surface area (Å²) in [4.78, 5) is 31.3. The summed E-state index contributed by atoms with van der Waals surface area (Å²) in [5.74, 6) is -0.930. The molecule has 0 fully saturated rings. The third kappa shape index (κ3) is 4.58. The first-order chi connectivity index (χ1) is 16.9. The van der Waals surface area contributed by atoms with Crippen LogP contribution in [0, 0.1) is 5.82 Å². The van der Waals surface area contributed by atoms with Crippen molar-refractivity contribution in [3.8, 4) is 5.75 Å². The highest BCUT2D eigenvalue weighted by molar-refractivity contribution is 5.94. The van der Waals surface area contributed by atoms with Gasteiger partial charge < -0.3 is 24.6 Å². The van der Waals surface area contributed by atoms with E-state index in [1.165, 1.54) is 29.7 Å². The minimum atomic E-state index is -1.06. The molecule has 0 aliphatic carbocycles. The molecule has 0 spiro atoms. The lowest BCUT2D eigenvalue weighted by Crippen LogP contribution is -2.43. The molecule has 0 saturated heterocycles. The zero-order valence-corrected chi connectivity index (χ0v) is 19.5. The van der Waals surface area contributed by atoms with Gasteiger partial charge in [-0.15, -0.1) is 0 Å². The smallest absolute Gasteiger partial charge is 0.305 e. The molecule has 2 N–H and O–H groups in total. The Morgan fingerprint density at radius 3 is 2.89 bits per heavy atom. The summed E-state index contributed by atoms with van der Waals surface area (Å²) in [7, 11) is 1.36. The number of hydrogen-bond acceptors (Lipinski definition) is 5. The SMILES string of the molecule is COc1ccc([C@H](CC(=O)O)N2CCn3cc(Cc4ccc5c(n4)NCCC5)cc3C2=O)cc1F. The Labute approximate surface area is 202 Å². The molecule has 4 heterocycles. The van der Waals surface area contributed by atoms with E-state index in [1.807, 2.05) is 22.9 Å². The van der Waals surface area contributed by atoms with E-state index >= 15 is 0 Å². The fourth-order valence-electron chi connectivity index (χ4n) is 4.93. The minimum absolute atomic E-state index is 0.0669. The number of benzene rings is 1. The summed E-state index contributed by atoms with van der Waals surface area (Å²) in [6.07, 6.45) is 4.35. The van der Waals surface area contributed by atoms with Crippen LogP contribution in [0.2, 0.25) is 0 Å². The Kier molecular flexibility index (Phi) is 6.15. The summed E-state index contributed by atoms with van der Waals surface area (Å²) in [6.45, 7) is 1.77. The molecule has 2 aliphatic rings. The highest BCUT2D eigenvalue weighted by atomic mass is 19.1. The van der Waals surface area contributed by atoms with Gasteiger partial charge in [0.05, 0.1) is 19.6 Å². The molecule has 2 aromatic heterocycles. The average molecular weight is 479 g/mol. The molecule has 0 unspecified atom stereocenters. The van der Waals surface area contributed by atoms with Gasteiger partial charge >= 0.3 is 5.97 Å². The van der Waals surface area contributed by atoms with Gasteiger partial charge in [-0.25, -0.2) is 9.37 Å². The number of rotatable bonds is 7. The van der Waals surface area contributed by atoms with Gasteiger partial charge in [-0.05, 0) is 53.8 Å². The van der Waals surface area contributed by atoms with Gasteiger partial charge in [0.2, 0.25) is 0 Å². The average Bonchev–Trinajstić information content (AvgIpc) is 3.26. The van der Waals surface area contributed by atoms with Crippen LogP contribution in [0.5, 0.6) is 5.75 Å². The molecule has 182 valence electrons. The van der Waals surface area contributed by atoms with Crippen molar-refractivity contribution in [1.29, 1.82) is 0 Å². The maximum atomic E-state index is 14.4. The number of halogens is 1. The van der Waals surface area contributed by atoms with Crippen LogP contribution in [0.4, 0.5) is 10.2 Å². The number of pyridine rings is 1. The molecule has 0 radical (unpaired) electrons. The highest BCUT2D eigenvalue weighted by Gasteiger charge is 2.33. The molecule has 2 aliphatic heterocycles. The molecule has 35 heavy (non-hydrogen) atoms. The Balaban J connectivity index is 1.39. The maximum Gasteiger partial charge on any atom is 0.305 e. The number of nitrogens with one attached hydrogen (secondary N) is 1. The molecule has 1 atom stereocenters. The molecular formula is C26H27FN4O4. The second-order valence-corrected chi connectivity index (χ2v) is 8.95. The fraction of sp³-hybridized carbons (Fsp3) is 0.346. The monoisotopic (exact) mass is 478 g/mol. The summed E-state index contributed by atoms with van der Waals surface area (Å²) in [5, 5.41) is 12.9. The minimum Gasteiger partial charge on any atom is -0.494 e. The van der Waals surface area contributed by atoms with Crippen LogP contribution in [0.15, 0.2) is 42.6 Å². The van der Waals surface area contributed by atoms with Gasteiger partial charge in [0.25, 0.3) is 5.91 Å². The van der Waals surface area contributed by atoms with Crippen molar-refractivity contribution >= 4 is 17.7 Å². The Morgan fingerprint density at radius 1 is 1.26 bits per heavy atom. The van der Waals surface area contributed by atoms with Crippen LogP contribution in [-0.2, 0) is 24.2 Å². The number of fused-ring (bicyclic) bond motifs is 2. The van der Waals surface area contributed by atoms with Crippen molar-refractivity contribution in [2.75, 3.05) is 25.5 Å². The van der Waals surface area contributed by atoms with E-state index in [2.05, 4.69) is 11.4 Å². The van der Waals surface area contributed by atoms with Crippen LogP contribution in [-0.4, -0.2) is 51.6 Å². The van der Waals surface area contributed by atoms with Gasteiger partial charge in [0.1, 0.15) is 11.5 Å². The van der Waals surface area contributed by atoms with Crippen LogP contribution >= 0.6 is 0 Å². The van der Waals surface area contributed by atoms with Crippen molar-refractivity contribution in [3.63, 3.8) is 0 Å². The normalized spacial score (nSPS) is 15.7. The van der Waals surface area contributed by atoms with Gasteiger partial charge in [-0.3, -0.25) is 9.59 Å². The molecule has 1 amide bonds. The second-order valence-electron chi connectivity index (χ2n) is 8.95. The zero-order chi connectivity index (χ0) is 24.5. The summed E-state index contributed by atoms with van der Waals surface area (Å²) < 4.78 is 21.2. The lowest BCUT2D eigenvalue weighted by Gasteiger charge is -2.35. The summed E-state index contributed by atoms with van der Waals surface area (Å²) in [6, 6.07) is 9.49.